The van der Waals surface area contributed by atoms with Crippen LogP contribution in [0.15, 0.2) is 42.5 Å². The van der Waals surface area contributed by atoms with Crippen LogP contribution < -0.4 is 10.6 Å². The minimum atomic E-state index is -0.283. The molecule has 1 aromatic heterocycles. The van der Waals surface area contributed by atoms with E-state index in [1.54, 1.807) is 0 Å². The molecule has 0 aliphatic rings. The smallest absolute Gasteiger partial charge is 0.310 e. The van der Waals surface area contributed by atoms with Gasteiger partial charge in [-0.05, 0) is 44.0 Å². The van der Waals surface area contributed by atoms with Gasteiger partial charge >= 0.3 is 6.03 Å². The van der Waals surface area contributed by atoms with Gasteiger partial charge in [0.1, 0.15) is 0 Å². The average molecular weight is 322 g/mol. The van der Waals surface area contributed by atoms with E-state index in [2.05, 4.69) is 22.5 Å². The highest BCUT2D eigenvalue weighted by molar-refractivity contribution is 6.00. The minimum absolute atomic E-state index is 0.283. The Bertz CT molecular complexity index is 882. The van der Waals surface area contributed by atoms with E-state index in [0.717, 1.165) is 35.2 Å². The Morgan fingerprint density at radius 3 is 2.67 bits per heavy atom. The highest BCUT2D eigenvalue weighted by atomic mass is 16.2. The fraction of sp³-hybridized carbons (Fsp3) is 0.263. The Hall–Kier alpha value is -2.82. The molecule has 1 heterocycles. The summed E-state index contributed by atoms with van der Waals surface area (Å²) < 4.78 is 2.04. The minimum Gasteiger partial charge on any atom is -0.310 e. The van der Waals surface area contributed by atoms with Crippen molar-refractivity contribution in [1.82, 2.24) is 9.55 Å². The average Bonchev–Trinajstić information content (AvgIpc) is 2.88. The van der Waals surface area contributed by atoms with Crippen LogP contribution >= 0.6 is 0 Å². The van der Waals surface area contributed by atoms with Crippen LogP contribution in [0, 0.1) is 13.8 Å². The molecule has 5 nitrogen and oxygen atoms in total. The Balaban J connectivity index is 1.83. The van der Waals surface area contributed by atoms with Crippen LogP contribution in [-0.2, 0) is 6.54 Å². The highest BCUT2D eigenvalue weighted by Gasteiger charge is 2.13. The van der Waals surface area contributed by atoms with Gasteiger partial charge in [0.05, 0.1) is 11.0 Å². The van der Waals surface area contributed by atoms with Crippen molar-refractivity contribution >= 4 is 28.7 Å². The lowest BCUT2D eigenvalue weighted by atomic mass is 10.1. The van der Waals surface area contributed by atoms with Gasteiger partial charge in [-0.2, -0.15) is 0 Å². The molecule has 124 valence electrons. The number of rotatable bonds is 4. The first-order valence-electron chi connectivity index (χ1n) is 8.19. The maximum atomic E-state index is 12.4. The second-order valence-electron chi connectivity index (χ2n) is 5.97. The predicted molar refractivity (Wildman–Crippen MR) is 98.6 cm³/mol. The number of carbonyl (C=O) groups is 1. The van der Waals surface area contributed by atoms with Crippen molar-refractivity contribution in [2.45, 2.75) is 33.7 Å². The maximum Gasteiger partial charge on any atom is 0.326 e. The fourth-order valence-corrected chi connectivity index (χ4v) is 2.83. The third kappa shape index (κ3) is 3.25. The molecule has 24 heavy (non-hydrogen) atoms. The zero-order valence-electron chi connectivity index (χ0n) is 14.3. The summed E-state index contributed by atoms with van der Waals surface area (Å²) in [6.45, 7) is 6.92. The number of para-hydroxylation sites is 2. The van der Waals surface area contributed by atoms with Crippen molar-refractivity contribution in [3.8, 4) is 0 Å². The Kier molecular flexibility index (Phi) is 4.51. The number of aromatic nitrogens is 2. The molecule has 0 atom stereocenters. The van der Waals surface area contributed by atoms with Crippen molar-refractivity contribution in [3.05, 3.63) is 53.6 Å². The summed E-state index contributed by atoms with van der Waals surface area (Å²) in [5.41, 5.74) is 4.92. The van der Waals surface area contributed by atoms with E-state index >= 15 is 0 Å². The Labute approximate surface area is 141 Å². The lowest BCUT2D eigenvalue weighted by Crippen LogP contribution is -2.22. The van der Waals surface area contributed by atoms with Crippen LogP contribution in [0.4, 0.5) is 16.4 Å². The number of fused-ring (bicyclic) bond motifs is 1. The summed E-state index contributed by atoms with van der Waals surface area (Å²) in [6, 6.07) is 13.6. The van der Waals surface area contributed by atoms with Crippen LogP contribution in [0.3, 0.4) is 0 Å². The summed E-state index contributed by atoms with van der Waals surface area (Å²) in [5.74, 6) is 0.570. The molecule has 0 fully saturated rings. The van der Waals surface area contributed by atoms with Gasteiger partial charge in [-0.1, -0.05) is 36.8 Å². The molecule has 0 unspecified atom stereocenters. The molecule has 2 amide bonds. The van der Waals surface area contributed by atoms with Crippen molar-refractivity contribution in [2.75, 3.05) is 10.6 Å². The SMILES string of the molecule is CCCn1c(NC(=O)Nc2ccc(C)cc2C)nc2ccccc21. The number of hydrogen-bond donors (Lipinski definition) is 2. The lowest BCUT2D eigenvalue weighted by molar-refractivity contribution is 0.262. The Morgan fingerprint density at radius 2 is 1.92 bits per heavy atom. The molecule has 0 saturated carbocycles. The van der Waals surface area contributed by atoms with Gasteiger partial charge in [-0.25, -0.2) is 9.78 Å². The maximum absolute atomic E-state index is 12.4. The lowest BCUT2D eigenvalue weighted by Gasteiger charge is -2.11. The molecular weight excluding hydrogens is 300 g/mol. The summed E-state index contributed by atoms with van der Waals surface area (Å²) >= 11 is 0. The van der Waals surface area contributed by atoms with Gasteiger partial charge in [0.25, 0.3) is 0 Å². The highest BCUT2D eigenvalue weighted by Crippen LogP contribution is 2.21. The molecule has 3 aromatic rings. The number of carbonyl (C=O) groups excluding carboxylic acids is 1. The zero-order valence-corrected chi connectivity index (χ0v) is 14.3. The second-order valence-corrected chi connectivity index (χ2v) is 5.97. The molecule has 2 aromatic carbocycles. The number of benzene rings is 2. The van der Waals surface area contributed by atoms with Crippen molar-refractivity contribution < 1.29 is 4.79 Å². The monoisotopic (exact) mass is 322 g/mol. The molecular formula is C19H22N4O. The van der Waals surface area contributed by atoms with Crippen molar-refractivity contribution in [2.24, 2.45) is 0 Å². The number of anilines is 2. The number of urea groups is 1. The molecule has 0 aliphatic carbocycles. The molecule has 3 rings (SSSR count). The van der Waals surface area contributed by atoms with Gasteiger partial charge in [0.2, 0.25) is 5.95 Å². The predicted octanol–water partition coefficient (Wildman–Crippen LogP) is 4.71. The first-order chi connectivity index (χ1) is 11.6. The first-order valence-corrected chi connectivity index (χ1v) is 8.19. The van der Waals surface area contributed by atoms with Crippen LogP contribution in [0.1, 0.15) is 24.5 Å². The summed E-state index contributed by atoms with van der Waals surface area (Å²) in [6.07, 6.45) is 0.966. The van der Waals surface area contributed by atoms with E-state index in [1.807, 2.05) is 60.9 Å². The van der Waals surface area contributed by atoms with Crippen molar-refractivity contribution in [1.29, 1.82) is 0 Å². The van der Waals surface area contributed by atoms with Gasteiger partial charge in [-0.15, -0.1) is 0 Å². The molecule has 0 bridgehead atoms. The second kappa shape index (κ2) is 6.74. The van der Waals surface area contributed by atoms with E-state index in [-0.39, 0.29) is 6.03 Å². The van der Waals surface area contributed by atoms with Gasteiger partial charge in [0.15, 0.2) is 0 Å². The molecule has 0 radical (unpaired) electrons. The topological polar surface area (TPSA) is 59.0 Å². The summed E-state index contributed by atoms with van der Waals surface area (Å²) in [7, 11) is 0. The van der Waals surface area contributed by atoms with E-state index in [1.165, 1.54) is 5.56 Å². The molecule has 5 heteroatoms. The van der Waals surface area contributed by atoms with Crippen LogP contribution in [0.5, 0.6) is 0 Å². The largest absolute Gasteiger partial charge is 0.326 e. The summed E-state index contributed by atoms with van der Waals surface area (Å²) in [4.78, 5) is 16.9. The quantitative estimate of drug-likeness (QED) is 0.731. The Morgan fingerprint density at radius 1 is 1.12 bits per heavy atom. The number of nitrogens with one attached hydrogen (secondary N) is 2. The third-order valence-corrected chi connectivity index (χ3v) is 3.96. The number of amides is 2. The first kappa shape index (κ1) is 16.1. The zero-order chi connectivity index (χ0) is 17.1. The van der Waals surface area contributed by atoms with Crippen LogP contribution in [0.25, 0.3) is 11.0 Å². The van der Waals surface area contributed by atoms with Crippen LogP contribution in [-0.4, -0.2) is 15.6 Å². The number of aryl methyl sites for hydroxylation is 3. The molecule has 0 aliphatic heterocycles. The van der Waals surface area contributed by atoms with Gasteiger partial charge in [0, 0.05) is 12.2 Å². The van der Waals surface area contributed by atoms with Crippen LogP contribution in [0.2, 0.25) is 0 Å². The summed E-state index contributed by atoms with van der Waals surface area (Å²) in [5, 5.41) is 5.77. The van der Waals surface area contributed by atoms with Gasteiger partial charge in [-0.3, -0.25) is 5.32 Å². The number of imidazole rings is 1. The van der Waals surface area contributed by atoms with Crippen molar-refractivity contribution in [3.63, 3.8) is 0 Å². The molecule has 0 saturated heterocycles. The van der Waals surface area contributed by atoms with E-state index in [0.29, 0.717) is 5.95 Å². The fourth-order valence-electron chi connectivity index (χ4n) is 2.83. The molecule has 2 N–H and O–H groups in total. The number of hydrogen-bond acceptors (Lipinski definition) is 2. The number of nitrogens with zero attached hydrogens (tertiary/aromatic N) is 2. The van der Waals surface area contributed by atoms with Gasteiger partial charge < -0.3 is 9.88 Å². The standard InChI is InChI=1S/C19H22N4O/c1-4-11-23-17-8-6-5-7-16(17)20-18(23)22-19(24)21-15-10-9-13(2)12-14(15)3/h5-10,12H,4,11H2,1-3H3,(H2,20,21,22,24). The van der Waals surface area contributed by atoms with E-state index in [9.17, 15) is 4.79 Å². The normalized spacial score (nSPS) is 10.8. The third-order valence-electron chi connectivity index (χ3n) is 3.96. The molecule has 0 spiro atoms. The van der Waals surface area contributed by atoms with E-state index in [4.69, 9.17) is 0 Å². The van der Waals surface area contributed by atoms with E-state index < -0.39 is 0 Å².